The van der Waals surface area contributed by atoms with Gasteiger partial charge in [0.2, 0.25) is 0 Å². The molecule has 1 saturated carbocycles. The molecule has 0 saturated heterocycles. The summed E-state index contributed by atoms with van der Waals surface area (Å²) < 4.78 is 0. The maximum atomic E-state index is 12.4. The van der Waals surface area contributed by atoms with Gasteiger partial charge in [-0.1, -0.05) is 50.7 Å². The molecule has 0 radical (unpaired) electrons. The molecule has 0 aliphatic heterocycles. The first kappa shape index (κ1) is 13.4. The fraction of sp³-hybridized carbons (Fsp3) is 0.500. The largest absolute Gasteiger partial charge is 0.361 e. The Labute approximate surface area is 120 Å². The van der Waals surface area contributed by atoms with Crippen molar-refractivity contribution >= 4 is 10.9 Å². The number of pyridine rings is 1. The van der Waals surface area contributed by atoms with Crippen LogP contribution in [0.1, 0.15) is 50.5 Å². The Hall–Kier alpha value is -1.57. The van der Waals surface area contributed by atoms with Crippen LogP contribution in [0.3, 0.4) is 0 Å². The number of nitrogens with one attached hydrogen (secondary N) is 1. The average molecular weight is 269 g/mol. The van der Waals surface area contributed by atoms with Crippen LogP contribution in [0.4, 0.5) is 0 Å². The summed E-state index contributed by atoms with van der Waals surface area (Å²) in [6.07, 6.45) is 12.3. The minimum atomic E-state index is 0.211. The van der Waals surface area contributed by atoms with E-state index in [1.165, 1.54) is 38.5 Å². The summed E-state index contributed by atoms with van der Waals surface area (Å²) in [6, 6.07) is 7.77. The molecular weight excluding hydrogens is 246 g/mol. The molecule has 0 spiro atoms. The lowest BCUT2D eigenvalue weighted by atomic mass is 9.85. The molecule has 2 nitrogen and oxygen atoms in total. The van der Waals surface area contributed by atoms with Crippen molar-refractivity contribution in [2.24, 2.45) is 5.92 Å². The number of para-hydroxylation sites is 1. The molecule has 2 heteroatoms. The summed E-state index contributed by atoms with van der Waals surface area (Å²) >= 11 is 0. The molecule has 1 aromatic heterocycles. The van der Waals surface area contributed by atoms with Crippen molar-refractivity contribution in [1.29, 1.82) is 0 Å². The normalized spacial score (nSPS) is 16.6. The van der Waals surface area contributed by atoms with Crippen LogP contribution < -0.4 is 5.43 Å². The molecule has 1 fully saturated rings. The lowest BCUT2D eigenvalue weighted by molar-refractivity contribution is 0.332. The van der Waals surface area contributed by atoms with Gasteiger partial charge in [0, 0.05) is 22.7 Å². The second-order valence-electron chi connectivity index (χ2n) is 6.08. The summed E-state index contributed by atoms with van der Waals surface area (Å²) in [5.41, 5.74) is 2.09. The molecule has 0 unspecified atom stereocenters. The fourth-order valence-corrected chi connectivity index (χ4v) is 3.45. The summed E-state index contributed by atoms with van der Waals surface area (Å²) in [6.45, 7) is 0. The first-order valence-electron chi connectivity index (χ1n) is 7.94. The third kappa shape index (κ3) is 2.95. The molecule has 106 valence electrons. The van der Waals surface area contributed by atoms with Gasteiger partial charge in [0.05, 0.1) is 0 Å². The molecule has 1 aliphatic carbocycles. The van der Waals surface area contributed by atoms with Crippen LogP contribution in [0.25, 0.3) is 10.9 Å². The van der Waals surface area contributed by atoms with Gasteiger partial charge in [-0.25, -0.2) is 0 Å². The maximum absolute atomic E-state index is 12.4. The standard InChI is InChI=1S/C18H23NO/c20-18-15(10-6-9-14-7-2-1-3-8-14)13-19-17-12-5-4-11-16(17)18/h4-5,11-14H,1-3,6-10H2,(H,19,20). The second kappa shape index (κ2) is 6.25. The van der Waals surface area contributed by atoms with Crippen LogP contribution in [0, 0.1) is 5.92 Å². The van der Waals surface area contributed by atoms with Gasteiger partial charge in [0.1, 0.15) is 0 Å². The quantitative estimate of drug-likeness (QED) is 0.875. The number of fused-ring (bicyclic) bond motifs is 1. The average Bonchev–Trinajstić information content (AvgIpc) is 2.51. The summed E-state index contributed by atoms with van der Waals surface area (Å²) in [5, 5.41) is 0.822. The number of hydrogen-bond acceptors (Lipinski definition) is 1. The molecule has 0 atom stereocenters. The van der Waals surface area contributed by atoms with Crippen LogP contribution in [0.15, 0.2) is 35.3 Å². The molecule has 1 N–H and O–H groups in total. The molecule has 0 bridgehead atoms. The molecule has 1 heterocycles. The zero-order chi connectivity index (χ0) is 13.8. The van der Waals surface area contributed by atoms with E-state index < -0.39 is 0 Å². The Morgan fingerprint density at radius 1 is 1.10 bits per heavy atom. The smallest absolute Gasteiger partial charge is 0.192 e. The van der Waals surface area contributed by atoms with Gasteiger partial charge in [-0.3, -0.25) is 4.79 Å². The van der Waals surface area contributed by atoms with Gasteiger partial charge >= 0.3 is 0 Å². The highest BCUT2D eigenvalue weighted by atomic mass is 16.1. The number of H-pyrrole nitrogens is 1. The number of rotatable bonds is 4. The van der Waals surface area contributed by atoms with E-state index in [1.54, 1.807) is 0 Å². The van der Waals surface area contributed by atoms with Crippen molar-refractivity contribution in [3.8, 4) is 0 Å². The highest BCUT2D eigenvalue weighted by Crippen LogP contribution is 2.27. The predicted molar refractivity (Wildman–Crippen MR) is 84.1 cm³/mol. The van der Waals surface area contributed by atoms with Gasteiger partial charge in [-0.2, -0.15) is 0 Å². The zero-order valence-electron chi connectivity index (χ0n) is 12.0. The molecule has 1 aromatic carbocycles. The number of aromatic nitrogens is 1. The monoisotopic (exact) mass is 269 g/mol. The zero-order valence-corrected chi connectivity index (χ0v) is 12.0. The van der Waals surface area contributed by atoms with Gasteiger partial charge in [-0.05, 0) is 30.9 Å². The predicted octanol–water partition coefficient (Wildman–Crippen LogP) is 4.43. The van der Waals surface area contributed by atoms with E-state index in [-0.39, 0.29) is 5.43 Å². The first-order valence-corrected chi connectivity index (χ1v) is 7.94. The number of hydrogen-bond donors (Lipinski definition) is 1. The molecular formula is C18H23NO. The minimum absolute atomic E-state index is 0.211. The SMILES string of the molecule is O=c1c(CCCC2CCCCC2)c[nH]c2ccccc12. The topological polar surface area (TPSA) is 32.9 Å². The van der Waals surface area contributed by atoms with Gasteiger partial charge in [0.25, 0.3) is 0 Å². The Bertz CT molecular complexity index is 623. The maximum Gasteiger partial charge on any atom is 0.192 e. The third-order valence-electron chi connectivity index (χ3n) is 4.65. The van der Waals surface area contributed by atoms with Crippen molar-refractivity contribution in [2.45, 2.75) is 51.4 Å². The highest BCUT2D eigenvalue weighted by Gasteiger charge is 2.13. The van der Waals surface area contributed by atoms with E-state index in [2.05, 4.69) is 4.98 Å². The Balaban J connectivity index is 1.65. The second-order valence-corrected chi connectivity index (χ2v) is 6.08. The van der Waals surface area contributed by atoms with Crippen LogP contribution >= 0.6 is 0 Å². The third-order valence-corrected chi connectivity index (χ3v) is 4.65. The van der Waals surface area contributed by atoms with E-state index >= 15 is 0 Å². The van der Waals surface area contributed by atoms with E-state index in [0.717, 1.165) is 35.2 Å². The van der Waals surface area contributed by atoms with E-state index in [0.29, 0.717) is 0 Å². The lowest BCUT2D eigenvalue weighted by Gasteiger charge is -2.21. The molecule has 1 aliphatic rings. The van der Waals surface area contributed by atoms with Crippen LogP contribution in [0.2, 0.25) is 0 Å². The fourth-order valence-electron chi connectivity index (χ4n) is 3.45. The van der Waals surface area contributed by atoms with Crippen molar-refractivity contribution in [1.82, 2.24) is 4.98 Å². The van der Waals surface area contributed by atoms with Crippen LogP contribution in [-0.4, -0.2) is 4.98 Å². The minimum Gasteiger partial charge on any atom is -0.361 e. The molecule has 2 aromatic rings. The first-order chi connectivity index (χ1) is 9.84. The van der Waals surface area contributed by atoms with Crippen LogP contribution in [-0.2, 0) is 6.42 Å². The summed E-state index contributed by atoms with van der Waals surface area (Å²) in [7, 11) is 0. The van der Waals surface area contributed by atoms with E-state index in [4.69, 9.17) is 0 Å². The highest BCUT2D eigenvalue weighted by molar-refractivity contribution is 5.78. The van der Waals surface area contributed by atoms with Gasteiger partial charge in [0.15, 0.2) is 5.43 Å². The Morgan fingerprint density at radius 2 is 1.90 bits per heavy atom. The van der Waals surface area contributed by atoms with Crippen LogP contribution in [0.5, 0.6) is 0 Å². The van der Waals surface area contributed by atoms with Crippen molar-refractivity contribution < 1.29 is 0 Å². The van der Waals surface area contributed by atoms with Gasteiger partial charge < -0.3 is 4.98 Å². The number of aromatic amines is 1. The Morgan fingerprint density at radius 3 is 2.75 bits per heavy atom. The van der Waals surface area contributed by atoms with Crippen molar-refractivity contribution in [3.63, 3.8) is 0 Å². The Kier molecular flexibility index (Phi) is 4.19. The van der Waals surface area contributed by atoms with E-state index in [9.17, 15) is 4.79 Å². The summed E-state index contributed by atoms with van der Waals surface area (Å²) in [5.74, 6) is 0.906. The molecule has 0 amide bonds. The lowest BCUT2D eigenvalue weighted by Crippen LogP contribution is -2.11. The number of benzene rings is 1. The molecule has 20 heavy (non-hydrogen) atoms. The summed E-state index contributed by atoms with van der Waals surface area (Å²) in [4.78, 5) is 15.6. The van der Waals surface area contributed by atoms with Gasteiger partial charge in [-0.15, -0.1) is 0 Å². The van der Waals surface area contributed by atoms with Crippen molar-refractivity contribution in [2.75, 3.05) is 0 Å². The van der Waals surface area contributed by atoms with Crippen molar-refractivity contribution in [3.05, 3.63) is 46.2 Å². The van der Waals surface area contributed by atoms with E-state index in [1.807, 2.05) is 30.5 Å². The number of aryl methyl sites for hydroxylation is 1. The molecule has 3 rings (SSSR count).